The first-order valence-electron chi connectivity index (χ1n) is 9.12. The van der Waals surface area contributed by atoms with Crippen LogP contribution < -0.4 is 4.90 Å². The molecule has 2 aromatic rings. The number of ketones is 1. The molecule has 0 radical (unpaired) electrons. The third-order valence-electron chi connectivity index (χ3n) is 4.81. The van der Waals surface area contributed by atoms with E-state index in [9.17, 15) is 24.5 Å². The summed E-state index contributed by atoms with van der Waals surface area (Å²) in [6.45, 7) is 3.45. The number of amides is 1. The largest absolute Gasteiger partial charge is 0.454 e. The highest BCUT2D eigenvalue weighted by molar-refractivity contribution is 6.02. The second kappa shape index (κ2) is 8.22. The molecule has 8 heteroatoms. The van der Waals surface area contributed by atoms with Crippen molar-refractivity contribution in [3.8, 4) is 0 Å². The summed E-state index contributed by atoms with van der Waals surface area (Å²) in [5.74, 6) is -2.03. The maximum atomic E-state index is 12.5. The number of non-ortho nitro benzene ring substituents is 1. The molecular weight excluding hydrogens is 376 g/mol. The van der Waals surface area contributed by atoms with Crippen LogP contribution in [0.5, 0.6) is 0 Å². The standard InChI is InChI=1S/C21H20N2O6/c1-13-6-8-15(9-7-13)20(25)14(2)29-21(26)16-10-19(24)22(12-16)17-4-3-5-18(11-17)23(27)28/h3-9,11,14,16H,10,12H2,1-2H3/t14-,16-/m0/s1. The maximum absolute atomic E-state index is 12.5. The molecule has 0 unspecified atom stereocenters. The number of carbonyl (C=O) groups is 3. The molecule has 0 N–H and O–H groups in total. The van der Waals surface area contributed by atoms with Crippen LogP contribution in [0.1, 0.15) is 29.3 Å². The average molecular weight is 396 g/mol. The smallest absolute Gasteiger partial charge is 0.312 e. The SMILES string of the molecule is Cc1ccc(C(=O)[C@H](C)OC(=O)[C@H]2CC(=O)N(c3cccc([N+](=O)[O-])c3)C2)cc1. The van der Waals surface area contributed by atoms with Crippen LogP contribution in [0.25, 0.3) is 0 Å². The van der Waals surface area contributed by atoms with Gasteiger partial charge in [-0.15, -0.1) is 0 Å². The topological polar surface area (TPSA) is 107 Å². The first-order valence-corrected chi connectivity index (χ1v) is 9.12. The lowest BCUT2D eigenvalue weighted by Crippen LogP contribution is -2.30. The van der Waals surface area contributed by atoms with Gasteiger partial charge >= 0.3 is 5.97 Å². The van der Waals surface area contributed by atoms with E-state index in [1.54, 1.807) is 30.3 Å². The Kier molecular flexibility index (Phi) is 5.72. The number of carbonyl (C=O) groups excluding carboxylic acids is 3. The van der Waals surface area contributed by atoms with Gasteiger partial charge in [-0.3, -0.25) is 24.5 Å². The van der Waals surface area contributed by atoms with Crippen molar-refractivity contribution >= 4 is 29.0 Å². The zero-order valence-electron chi connectivity index (χ0n) is 16.0. The van der Waals surface area contributed by atoms with Crippen molar-refractivity contribution in [2.75, 3.05) is 11.4 Å². The molecule has 29 heavy (non-hydrogen) atoms. The van der Waals surface area contributed by atoms with Gasteiger partial charge in [0.15, 0.2) is 6.10 Å². The van der Waals surface area contributed by atoms with Crippen LogP contribution >= 0.6 is 0 Å². The fraction of sp³-hybridized carbons (Fsp3) is 0.286. The van der Waals surface area contributed by atoms with Crippen molar-refractivity contribution in [2.24, 2.45) is 5.92 Å². The Balaban J connectivity index is 1.65. The molecule has 0 saturated carbocycles. The van der Waals surface area contributed by atoms with Crippen LogP contribution in [0.3, 0.4) is 0 Å². The van der Waals surface area contributed by atoms with E-state index < -0.39 is 22.9 Å². The molecule has 0 aromatic heterocycles. The highest BCUT2D eigenvalue weighted by Crippen LogP contribution is 2.28. The van der Waals surface area contributed by atoms with Gasteiger partial charge < -0.3 is 9.64 Å². The summed E-state index contributed by atoms with van der Waals surface area (Å²) in [7, 11) is 0. The fourth-order valence-electron chi connectivity index (χ4n) is 3.17. The number of nitrogens with zero attached hydrogens (tertiary/aromatic N) is 2. The molecule has 2 atom stereocenters. The first-order chi connectivity index (χ1) is 13.8. The first kappa shape index (κ1) is 20.2. The summed E-state index contributed by atoms with van der Waals surface area (Å²) >= 11 is 0. The number of anilines is 1. The molecule has 1 saturated heterocycles. The molecule has 0 spiro atoms. The molecule has 1 aliphatic heterocycles. The van der Waals surface area contributed by atoms with E-state index in [4.69, 9.17) is 4.74 Å². The van der Waals surface area contributed by atoms with E-state index in [1.807, 2.05) is 6.92 Å². The Morgan fingerprint density at radius 2 is 1.90 bits per heavy atom. The minimum atomic E-state index is -0.979. The molecule has 1 aliphatic rings. The Bertz CT molecular complexity index is 969. The maximum Gasteiger partial charge on any atom is 0.312 e. The predicted molar refractivity (Wildman–Crippen MR) is 105 cm³/mol. The monoisotopic (exact) mass is 396 g/mol. The van der Waals surface area contributed by atoms with Gasteiger partial charge in [-0.05, 0) is 19.9 Å². The molecule has 1 fully saturated rings. The summed E-state index contributed by atoms with van der Waals surface area (Å²) in [6, 6.07) is 12.6. The third kappa shape index (κ3) is 4.48. The number of rotatable bonds is 6. The van der Waals surface area contributed by atoms with Crippen molar-refractivity contribution in [3.05, 3.63) is 69.8 Å². The van der Waals surface area contributed by atoms with Crippen molar-refractivity contribution in [1.82, 2.24) is 0 Å². The molecule has 150 valence electrons. The summed E-state index contributed by atoms with van der Waals surface area (Å²) in [4.78, 5) is 49.0. The van der Waals surface area contributed by atoms with Crippen LogP contribution in [0.15, 0.2) is 48.5 Å². The fourth-order valence-corrected chi connectivity index (χ4v) is 3.17. The summed E-state index contributed by atoms with van der Waals surface area (Å²) in [5.41, 5.74) is 1.66. The summed E-state index contributed by atoms with van der Waals surface area (Å²) in [6.07, 6.45) is -1.06. The lowest BCUT2D eigenvalue weighted by atomic mass is 10.1. The summed E-state index contributed by atoms with van der Waals surface area (Å²) < 4.78 is 5.30. The van der Waals surface area contributed by atoms with Crippen molar-refractivity contribution in [2.45, 2.75) is 26.4 Å². The number of ether oxygens (including phenoxy) is 1. The lowest BCUT2D eigenvalue weighted by Gasteiger charge is -2.17. The number of benzene rings is 2. The van der Waals surface area contributed by atoms with Gasteiger partial charge in [-0.25, -0.2) is 0 Å². The lowest BCUT2D eigenvalue weighted by molar-refractivity contribution is -0.384. The number of aryl methyl sites for hydroxylation is 1. The van der Waals surface area contributed by atoms with Crippen LogP contribution in [0.4, 0.5) is 11.4 Å². The number of hydrogen-bond acceptors (Lipinski definition) is 6. The molecule has 3 rings (SSSR count). The average Bonchev–Trinajstić information content (AvgIpc) is 3.10. The Morgan fingerprint density at radius 1 is 1.21 bits per heavy atom. The molecule has 2 aromatic carbocycles. The summed E-state index contributed by atoms with van der Waals surface area (Å²) in [5, 5.41) is 10.9. The van der Waals surface area contributed by atoms with E-state index in [-0.39, 0.29) is 30.3 Å². The van der Waals surface area contributed by atoms with Gasteiger partial charge in [-0.1, -0.05) is 35.9 Å². The number of Topliss-reactive ketones (excluding diaryl/α,β-unsaturated/α-hetero) is 1. The van der Waals surface area contributed by atoms with E-state index in [0.717, 1.165) is 5.56 Å². The minimum Gasteiger partial charge on any atom is -0.454 e. The molecule has 0 bridgehead atoms. The van der Waals surface area contributed by atoms with E-state index in [1.165, 1.54) is 30.0 Å². The van der Waals surface area contributed by atoms with Gasteiger partial charge in [0.1, 0.15) is 0 Å². The quantitative estimate of drug-likeness (QED) is 0.321. The zero-order chi connectivity index (χ0) is 21.1. The van der Waals surface area contributed by atoms with Gasteiger partial charge in [0.05, 0.1) is 16.5 Å². The number of hydrogen-bond donors (Lipinski definition) is 0. The van der Waals surface area contributed by atoms with E-state index in [0.29, 0.717) is 11.3 Å². The molecule has 0 aliphatic carbocycles. The zero-order valence-corrected chi connectivity index (χ0v) is 16.0. The number of esters is 1. The van der Waals surface area contributed by atoms with Crippen LogP contribution in [0, 0.1) is 23.0 Å². The molecule has 1 amide bonds. The van der Waals surface area contributed by atoms with Crippen LogP contribution in [-0.4, -0.2) is 35.2 Å². The normalized spacial score (nSPS) is 17.1. The van der Waals surface area contributed by atoms with E-state index >= 15 is 0 Å². The molecule has 8 nitrogen and oxygen atoms in total. The Morgan fingerprint density at radius 3 is 2.55 bits per heavy atom. The van der Waals surface area contributed by atoms with Crippen molar-refractivity contribution in [1.29, 1.82) is 0 Å². The highest BCUT2D eigenvalue weighted by Gasteiger charge is 2.37. The van der Waals surface area contributed by atoms with Gasteiger partial charge in [-0.2, -0.15) is 0 Å². The minimum absolute atomic E-state index is 0.0459. The van der Waals surface area contributed by atoms with Crippen molar-refractivity contribution < 1.29 is 24.0 Å². The Hall–Kier alpha value is -3.55. The van der Waals surface area contributed by atoms with Crippen molar-refractivity contribution in [3.63, 3.8) is 0 Å². The highest BCUT2D eigenvalue weighted by atomic mass is 16.6. The predicted octanol–water partition coefficient (Wildman–Crippen LogP) is 3.07. The Labute approximate surface area is 167 Å². The van der Waals surface area contributed by atoms with E-state index in [2.05, 4.69) is 0 Å². The van der Waals surface area contributed by atoms with Crippen LogP contribution in [0.2, 0.25) is 0 Å². The van der Waals surface area contributed by atoms with Crippen LogP contribution in [-0.2, 0) is 14.3 Å². The number of nitro groups is 1. The second-order valence-electron chi connectivity index (χ2n) is 6.99. The van der Waals surface area contributed by atoms with Gasteiger partial charge in [0.25, 0.3) is 5.69 Å². The third-order valence-corrected chi connectivity index (χ3v) is 4.81. The van der Waals surface area contributed by atoms with Gasteiger partial charge in [0, 0.05) is 30.7 Å². The second-order valence-corrected chi connectivity index (χ2v) is 6.99. The molecular formula is C21H20N2O6. The van der Waals surface area contributed by atoms with Gasteiger partial charge in [0.2, 0.25) is 11.7 Å². The number of nitro benzene ring substituents is 1. The molecule has 1 heterocycles.